The molecule has 1 atom stereocenters. The first-order valence-corrected chi connectivity index (χ1v) is 8.69. The van der Waals surface area contributed by atoms with Crippen LogP contribution < -0.4 is 10.2 Å². The molecule has 2 rings (SSSR count). The highest BCUT2D eigenvalue weighted by Gasteiger charge is 2.18. The standard InChI is InChI=1S/C19H24BrN3O/c1-14(19(24)21-17-9-7-16(20)8-10-17)23(4)13-15-5-11-18(12-6-15)22(2)3/h5-12,14H,13H2,1-4H3,(H,21,24)/t14-/m1/s1. The zero-order valence-corrected chi connectivity index (χ0v) is 16.2. The SMILES string of the molecule is C[C@H](C(=O)Nc1ccc(Br)cc1)N(C)Cc1ccc(N(C)C)cc1. The first-order chi connectivity index (χ1) is 11.4. The molecule has 24 heavy (non-hydrogen) atoms. The van der Waals surface area contributed by atoms with E-state index in [0.29, 0.717) is 0 Å². The molecule has 0 unspecified atom stereocenters. The Morgan fingerprint density at radius 3 is 2.17 bits per heavy atom. The van der Waals surface area contributed by atoms with Gasteiger partial charge in [0.1, 0.15) is 0 Å². The summed E-state index contributed by atoms with van der Waals surface area (Å²) in [5, 5.41) is 2.95. The molecule has 0 radical (unpaired) electrons. The van der Waals surface area contributed by atoms with Gasteiger partial charge in [-0.15, -0.1) is 0 Å². The van der Waals surface area contributed by atoms with Crippen molar-refractivity contribution in [1.82, 2.24) is 4.90 Å². The van der Waals surface area contributed by atoms with Crippen LogP contribution in [0.15, 0.2) is 53.0 Å². The lowest BCUT2D eigenvalue weighted by Crippen LogP contribution is -2.39. The number of hydrogen-bond donors (Lipinski definition) is 1. The van der Waals surface area contributed by atoms with E-state index in [4.69, 9.17) is 0 Å². The van der Waals surface area contributed by atoms with Gasteiger partial charge in [-0.2, -0.15) is 0 Å². The molecule has 0 saturated carbocycles. The molecule has 128 valence electrons. The Morgan fingerprint density at radius 2 is 1.62 bits per heavy atom. The molecule has 5 heteroatoms. The lowest BCUT2D eigenvalue weighted by Gasteiger charge is -2.24. The minimum Gasteiger partial charge on any atom is -0.378 e. The Bertz CT molecular complexity index is 668. The number of rotatable bonds is 6. The maximum atomic E-state index is 12.4. The average molecular weight is 390 g/mol. The van der Waals surface area contributed by atoms with Crippen molar-refractivity contribution in [3.63, 3.8) is 0 Å². The summed E-state index contributed by atoms with van der Waals surface area (Å²) in [4.78, 5) is 16.5. The molecule has 1 amide bonds. The number of carbonyl (C=O) groups excluding carboxylic acids is 1. The molecule has 0 spiro atoms. The van der Waals surface area contributed by atoms with Gasteiger partial charge in [0, 0.05) is 36.5 Å². The number of anilines is 2. The molecular weight excluding hydrogens is 366 g/mol. The van der Waals surface area contributed by atoms with Crippen molar-refractivity contribution in [3.8, 4) is 0 Å². The number of likely N-dealkylation sites (N-methyl/N-ethyl adjacent to an activating group) is 1. The first-order valence-electron chi connectivity index (χ1n) is 7.90. The summed E-state index contributed by atoms with van der Waals surface area (Å²) < 4.78 is 0.992. The summed E-state index contributed by atoms with van der Waals surface area (Å²) in [6.45, 7) is 2.64. The molecule has 0 aromatic heterocycles. The highest BCUT2D eigenvalue weighted by Crippen LogP contribution is 2.16. The molecule has 2 aromatic rings. The maximum absolute atomic E-state index is 12.4. The number of halogens is 1. The van der Waals surface area contributed by atoms with Crippen molar-refractivity contribution >= 4 is 33.2 Å². The Morgan fingerprint density at radius 1 is 1.04 bits per heavy atom. The van der Waals surface area contributed by atoms with Gasteiger partial charge in [0.15, 0.2) is 0 Å². The highest BCUT2D eigenvalue weighted by molar-refractivity contribution is 9.10. The van der Waals surface area contributed by atoms with Gasteiger partial charge >= 0.3 is 0 Å². The molecule has 0 heterocycles. The fourth-order valence-electron chi connectivity index (χ4n) is 2.30. The van der Waals surface area contributed by atoms with Crippen molar-refractivity contribution in [1.29, 1.82) is 0 Å². The molecule has 0 saturated heterocycles. The smallest absolute Gasteiger partial charge is 0.241 e. The van der Waals surface area contributed by atoms with E-state index in [0.717, 1.165) is 16.7 Å². The largest absolute Gasteiger partial charge is 0.378 e. The molecule has 1 N–H and O–H groups in total. The molecule has 0 aliphatic rings. The molecule has 0 aliphatic heterocycles. The molecule has 2 aromatic carbocycles. The number of nitrogens with one attached hydrogen (secondary N) is 1. The summed E-state index contributed by atoms with van der Waals surface area (Å²) in [5.74, 6) is -0.00951. The van der Waals surface area contributed by atoms with E-state index in [9.17, 15) is 4.79 Å². The average Bonchev–Trinajstić information content (AvgIpc) is 2.56. The fraction of sp³-hybridized carbons (Fsp3) is 0.316. The quantitative estimate of drug-likeness (QED) is 0.811. The van der Waals surface area contributed by atoms with Crippen LogP contribution in [0.2, 0.25) is 0 Å². The van der Waals surface area contributed by atoms with Crippen LogP contribution in [0.3, 0.4) is 0 Å². The first kappa shape index (κ1) is 18.5. The van der Waals surface area contributed by atoms with E-state index >= 15 is 0 Å². The predicted molar refractivity (Wildman–Crippen MR) is 104 cm³/mol. The minimum absolute atomic E-state index is 0.00951. The lowest BCUT2D eigenvalue weighted by atomic mass is 10.1. The zero-order chi connectivity index (χ0) is 17.7. The third-order valence-corrected chi connectivity index (χ3v) is 4.57. The molecule has 0 fully saturated rings. The van der Waals surface area contributed by atoms with Crippen LogP contribution in [0.4, 0.5) is 11.4 Å². The monoisotopic (exact) mass is 389 g/mol. The van der Waals surface area contributed by atoms with Crippen molar-refractivity contribution in [3.05, 3.63) is 58.6 Å². The number of nitrogens with zero attached hydrogens (tertiary/aromatic N) is 2. The summed E-state index contributed by atoms with van der Waals surface area (Å²) in [7, 11) is 6.01. The number of amides is 1. The zero-order valence-electron chi connectivity index (χ0n) is 14.6. The van der Waals surface area contributed by atoms with Gasteiger partial charge in [-0.3, -0.25) is 9.69 Å². The van der Waals surface area contributed by atoms with Gasteiger partial charge in [-0.25, -0.2) is 0 Å². The van der Waals surface area contributed by atoms with Crippen LogP contribution in [0.1, 0.15) is 12.5 Å². The summed E-state index contributed by atoms with van der Waals surface area (Å²) in [6.07, 6.45) is 0. The normalized spacial score (nSPS) is 12.1. The highest BCUT2D eigenvalue weighted by atomic mass is 79.9. The molecule has 0 bridgehead atoms. The maximum Gasteiger partial charge on any atom is 0.241 e. The third kappa shape index (κ3) is 5.08. The molecular formula is C19H24BrN3O. The molecule has 4 nitrogen and oxygen atoms in total. The van der Waals surface area contributed by atoms with Gasteiger partial charge in [-0.1, -0.05) is 28.1 Å². The number of carbonyl (C=O) groups is 1. The van der Waals surface area contributed by atoms with E-state index in [1.54, 1.807) is 0 Å². The summed E-state index contributed by atoms with van der Waals surface area (Å²) in [6, 6.07) is 15.8. The van der Waals surface area contributed by atoms with Crippen molar-refractivity contribution in [2.24, 2.45) is 0 Å². The van der Waals surface area contributed by atoms with E-state index in [1.807, 2.05) is 57.2 Å². The van der Waals surface area contributed by atoms with E-state index < -0.39 is 0 Å². The van der Waals surface area contributed by atoms with Crippen LogP contribution >= 0.6 is 15.9 Å². The molecule has 0 aliphatic carbocycles. The summed E-state index contributed by atoms with van der Waals surface area (Å²) in [5.41, 5.74) is 3.16. The van der Waals surface area contributed by atoms with E-state index in [1.165, 1.54) is 11.3 Å². The van der Waals surface area contributed by atoms with E-state index in [-0.39, 0.29) is 11.9 Å². The van der Waals surface area contributed by atoms with Gasteiger partial charge in [0.2, 0.25) is 5.91 Å². The van der Waals surface area contributed by atoms with Gasteiger partial charge < -0.3 is 10.2 Å². The number of benzene rings is 2. The van der Waals surface area contributed by atoms with E-state index in [2.05, 4.69) is 50.4 Å². The second-order valence-corrected chi connectivity index (χ2v) is 7.06. The number of hydrogen-bond acceptors (Lipinski definition) is 3. The predicted octanol–water partition coefficient (Wildman–Crippen LogP) is 3.97. The van der Waals surface area contributed by atoms with Crippen LogP contribution in [0.25, 0.3) is 0 Å². The van der Waals surface area contributed by atoms with Gasteiger partial charge in [0.05, 0.1) is 6.04 Å². The van der Waals surface area contributed by atoms with Crippen LogP contribution in [-0.2, 0) is 11.3 Å². The fourth-order valence-corrected chi connectivity index (χ4v) is 2.57. The Labute approximate surface area is 152 Å². The van der Waals surface area contributed by atoms with Crippen LogP contribution in [0, 0.1) is 0 Å². The minimum atomic E-state index is -0.220. The lowest BCUT2D eigenvalue weighted by molar-refractivity contribution is -0.120. The second kappa shape index (κ2) is 8.31. The van der Waals surface area contributed by atoms with Crippen LogP contribution in [-0.4, -0.2) is 38.0 Å². The third-order valence-electron chi connectivity index (χ3n) is 4.04. The Hall–Kier alpha value is -1.85. The Balaban J connectivity index is 1.94. The van der Waals surface area contributed by atoms with Crippen molar-refractivity contribution < 1.29 is 4.79 Å². The van der Waals surface area contributed by atoms with Gasteiger partial charge in [-0.05, 0) is 55.9 Å². The van der Waals surface area contributed by atoms with Crippen LogP contribution in [0.5, 0.6) is 0 Å². The topological polar surface area (TPSA) is 35.6 Å². The van der Waals surface area contributed by atoms with Crippen molar-refractivity contribution in [2.45, 2.75) is 19.5 Å². The Kier molecular flexibility index (Phi) is 6.40. The van der Waals surface area contributed by atoms with Gasteiger partial charge in [0.25, 0.3) is 0 Å². The van der Waals surface area contributed by atoms with Crippen molar-refractivity contribution in [2.75, 3.05) is 31.4 Å². The second-order valence-electron chi connectivity index (χ2n) is 6.15. The summed E-state index contributed by atoms with van der Waals surface area (Å²) >= 11 is 3.39.